The minimum absolute atomic E-state index is 0.103. The van der Waals surface area contributed by atoms with Crippen LogP contribution in [0.1, 0.15) is 13.8 Å². The maximum absolute atomic E-state index is 12.1. The lowest BCUT2D eigenvalue weighted by Crippen LogP contribution is -2.38. The first kappa shape index (κ1) is 13.3. The number of sulfonamides is 1. The number of para-hydroxylation sites is 1. The molecule has 0 bridgehead atoms. The monoisotopic (exact) mass is 261 g/mol. The second kappa shape index (κ2) is 5.55. The zero-order valence-electron chi connectivity index (χ0n) is 9.43. The van der Waals surface area contributed by atoms with E-state index < -0.39 is 15.3 Å². The topological polar surface area (TPSA) is 37.4 Å². The Bertz CT molecular complexity index is 419. The average molecular weight is 262 g/mol. The van der Waals surface area contributed by atoms with Gasteiger partial charge in [-0.1, -0.05) is 18.2 Å². The molecule has 0 aliphatic carbocycles. The third-order valence-corrected chi connectivity index (χ3v) is 5.28. The maximum Gasteiger partial charge on any atom is 0.238 e. The first-order chi connectivity index (χ1) is 7.54. The minimum atomic E-state index is -3.35. The number of hydrogen-bond acceptors (Lipinski definition) is 2. The van der Waals surface area contributed by atoms with Crippen molar-refractivity contribution in [1.29, 1.82) is 0 Å². The Hall–Kier alpha value is -0.740. The van der Waals surface area contributed by atoms with Crippen molar-refractivity contribution in [2.24, 2.45) is 0 Å². The van der Waals surface area contributed by atoms with Crippen LogP contribution in [0.15, 0.2) is 30.3 Å². The van der Waals surface area contributed by atoms with Crippen LogP contribution in [-0.4, -0.2) is 26.1 Å². The molecule has 1 aromatic rings. The van der Waals surface area contributed by atoms with E-state index in [1.807, 2.05) is 25.1 Å². The molecule has 90 valence electrons. The lowest BCUT2D eigenvalue weighted by molar-refractivity contribution is 0.583. The van der Waals surface area contributed by atoms with Gasteiger partial charge in [-0.2, -0.15) is 0 Å². The van der Waals surface area contributed by atoms with Crippen molar-refractivity contribution in [3.8, 4) is 0 Å². The summed E-state index contributed by atoms with van der Waals surface area (Å²) in [6, 6.07) is 9.05. The molecule has 1 atom stereocenters. The predicted octanol–water partition coefficient (Wildman–Crippen LogP) is 2.47. The Morgan fingerprint density at radius 2 is 1.88 bits per heavy atom. The molecule has 1 rings (SSSR count). The second-order valence-corrected chi connectivity index (χ2v) is 6.09. The normalized spacial score (nSPS) is 13.4. The molecule has 1 unspecified atom stereocenters. The van der Waals surface area contributed by atoms with E-state index in [1.54, 1.807) is 19.1 Å². The van der Waals surface area contributed by atoms with E-state index in [1.165, 1.54) is 4.31 Å². The summed E-state index contributed by atoms with van der Waals surface area (Å²) >= 11 is 5.62. The molecule has 1 aromatic carbocycles. The van der Waals surface area contributed by atoms with Crippen LogP contribution < -0.4 is 4.31 Å². The van der Waals surface area contributed by atoms with Gasteiger partial charge in [0.15, 0.2) is 0 Å². The molecule has 0 aromatic heterocycles. The van der Waals surface area contributed by atoms with Gasteiger partial charge in [-0.3, -0.25) is 4.31 Å². The number of alkyl halides is 1. The zero-order valence-corrected chi connectivity index (χ0v) is 11.0. The van der Waals surface area contributed by atoms with E-state index in [2.05, 4.69) is 0 Å². The highest BCUT2D eigenvalue weighted by Crippen LogP contribution is 2.20. The summed E-state index contributed by atoms with van der Waals surface area (Å²) in [4.78, 5) is 0. The summed E-state index contributed by atoms with van der Waals surface area (Å²) in [5.74, 6) is 0.103. The molecule has 0 N–H and O–H groups in total. The third-order valence-electron chi connectivity index (χ3n) is 2.36. The van der Waals surface area contributed by atoms with Crippen LogP contribution in [0.5, 0.6) is 0 Å². The summed E-state index contributed by atoms with van der Waals surface area (Å²) in [6.07, 6.45) is 0. The van der Waals surface area contributed by atoms with Crippen molar-refractivity contribution in [3.63, 3.8) is 0 Å². The van der Waals surface area contributed by atoms with Crippen molar-refractivity contribution < 1.29 is 8.42 Å². The van der Waals surface area contributed by atoms with Crippen LogP contribution in [0.2, 0.25) is 0 Å². The van der Waals surface area contributed by atoms with Crippen molar-refractivity contribution in [2.45, 2.75) is 19.1 Å². The van der Waals surface area contributed by atoms with Crippen LogP contribution >= 0.6 is 11.6 Å². The summed E-state index contributed by atoms with van der Waals surface area (Å²) < 4.78 is 25.7. The van der Waals surface area contributed by atoms with E-state index in [0.29, 0.717) is 12.2 Å². The number of benzene rings is 1. The van der Waals surface area contributed by atoms with Gasteiger partial charge in [0.1, 0.15) is 0 Å². The molecular weight excluding hydrogens is 246 g/mol. The number of anilines is 1. The number of halogens is 1. The van der Waals surface area contributed by atoms with Gasteiger partial charge in [0.2, 0.25) is 10.0 Å². The van der Waals surface area contributed by atoms with Gasteiger partial charge in [0.25, 0.3) is 0 Å². The Kier molecular flexibility index (Phi) is 4.62. The van der Waals surface area contributed by atoms with Crippen LogP contribution in [0.4, 0.5) is 5.69 Å². The molecule has 0 saturated carbocycles. The van der Waals surface area contributed by atoms with Gasteiger partial charge < -0.3 is 0 Å². The highest BCUT2D eigenvalue weighted by atomic mass is 35.5. The molecule has 0 heterocycles. The molecule has 0 saturated heterocycles. The molecule has 0 aliphatic rings. The van der Waals surface area contributed by atoms with Gasteiger partial charge in [-0.05, 0) is 26.0 Å². The fourth-order valence-corrected chi connectivity index (χ4v) is 3.25. The molecular formula is C11H16ClNO2S. The Balaban J connectivity index is 3.09. The Morgan fingerprint density at radius 1 is 1.31 bits per heavy atom. The SMILES string of the molecule is CCN(c1ccccc1)S(=O)(=O)C(C)CCl. The van der Waals surface area contributed by atoms with Crippen molar-refractivity contribution >= 4 is 27.3 Å². The number of nitrogens with zero attached hydrogens (tertiary/aromatic N) is 1. The quantitative estimate of drug-likeness (QED) is 0.764. The van der Waals surface area contributed by atoms with Crippen molar-refractivity contribution in [2.75, 3.05) is 16.7 Å². The maximum atomic E-state index is 12.1. The Labute approximate surface area is 102 Å². The van der Waals surface area contributed by atoms with Gasteiger partial charge in [-0.25, -0.2) is 8.42 Å². The summed E-state index contributed by atoms with van der Waals surface area (Å²) in [5.41, 5.74) is 0.682. The van der Waals surface area contributed by atoms with Gasteiger partial charge >= 0.3 is 0 Å². The van der Waals surface area contributed by atoms with E-state index in [4.69, 9.17) is 11.6 Å². The highest BCUT2D eigenvalue weighted by Gasteiger charge is 2.27. The van der Waals surface area contributed by atoms with E-state index in [0.717, 1.165) is 0 Å². The molecule has 0 aliphatic heterocycles. The van der Waals surface area contributed by atoms with Gasteiger partial charge in [0, 0.05) is 12.4 Å². The van der Waals surface area contributed by atoms with Crippen molar-refractivity contribution in [1.82, 2.24) is 0 Å². The lowest BCUT2D eigenvalue weighted by atomic mass is 10.3. The van der Waals surface area contributed by atoms with Crippen LogP contribution in [0.25, 0.3) is 0 Å². The van der Waals surface area contributed by atoms with E-state index in [-0.39, 0.29) is 5.88 Å². The highest BCUT2D eigenvalue weighted by molar-refractivity contribution is 7.93. The van der Waals surface area contributed by atoms with Crippen LogP contribution in [0.3, 0.4) is 0 Å². The first-order valence-electron chi connectivity index (χ1n) is 5.16. The van der Waals surface area contributed by atoms with Crippen molar-refractivity contribution in [3.05, 3.63) is 30.3 Å². The molecule has 0 radical (unpaired) electrons. The molecule has 0 amide bonds. The molecule has 0 fully saturated rings. The minimum Gasteiger partial charge on any atom is -0.270 e. The molecule has 5 heteroatoms. The Morgan fingerprint density at radius 3 is 2.31 bits per heavy atom. The smallest absolute Gasteiger partial charge is 0.238 e. The summed E-state index contributed by atoms with van der Waals surface area (Å²) in [7, 11) is -3.35. The fourth-order valence-electron chi connectivity index (χ4n) is 1.40. The van der Waals surface area contributed by atoms with E-state index in [9.17, 15) is 8.42 Å². The molecule has 3 nitrogen and oxygen atoms in total. The first-order valence-corrected chi connectivity index (χ1v) is 7.20. The van der Waals surface area contributed by atoms with Crippen LogP contribution in [-0.2, 0) is 10.0 Å². The molecule has 0 spiro atoms. The summed E-state index contributed by atoms with van der Waals surface area (Å²) in [5, 5.41) is -0.575. The van der Waals surface area contributed by atoms with Crippen LogP contribution in [0, 0.1) is 0 Å². The zero-order chi connectivity index (χ0) is 12.2. The number of hydrogen-bond donors (Lipinski definition) is 0. The predicted molar refractivity (Wildman–Crippen MR) is 68.6 cm³/mol. The average Bonchev–Trinajstić information content (AvgIpc) is 2.30. The van der Waals surface area contributed by atoms with Gasteiger partial charge in [0.05, 0.1) is 10.9 Å². The fraction of sp³-hybridized carbons (Fsp3) is 0.455. The van der Waals surface area contributed by atoms with Gasteiger partial charge in [-0.15, -0.1) is 11.6 Å². The van der Waals surface area contributed by atoms with E-state index >= 15 is 0 Å². The lowest BCUT2D eigenvalue weighted by Gasteiger charge is -2.25. The number of rotatable bonds is 5. The molecule has 16 heavy (non-hydrogen) atoms. The largest absolute Gasteiger partial charge is 0.270 e. The summed E-state index contributed by atoms with van der Waals surface area (Å²) in [6.45, 7) is 3.84. The third kappa shape index (κ3) is 2.68. The standard InChI is InChI=1S/C11H16ClNO2S/c1-3-13(11-7-5-4-6-8-11)16(14,15)10(2)9-12/h4-8,10H,3,9H2,1-2H3. The second-order valence-electron chi connectivity index (χ2n) is 3.51.